The molecule has 1 saturated heterocycles. The Morgan fingerprint density at radius 2 is 1.77 bits per heavy atom. The van der Waals surface area contributed by atoms with Gasteiger partial charge in [0.25, 0.3) is 0 Å². The maximum atomic E-state index is 12.3. The maximum absolute atomic E-state index is 12.3. The molecule has 2 amide bonds. The van der Waals surface area contributed by atoms with Crippen LogP contribution in [0, 0.1) is 6.92 Å². The molecule has 0 bridgehead atoms. The number of nitrogens with one attached hydrogen (secondary N) is 1. The third kappa shape index (κ3) is 3.19. The SMILES string of the molecule is Cc1ccccc1NC(=O)N1CCN(c2ccccn2)CC1. The number of pyridine rings is 1. The van der Waals surface area contributed by atoms with Gasteiger partial charge in [0.05, 0.1) is 0 Å². The monoisotopic (exact) mass is 296 g/mol. The fraction of sp³-hybridized carbons (Fsp3) is 0.294. The van der Waals surface area contributed by atoms with Gasteiger partial charge >= 0.3 is 6.03 Å². The zero-order chi connectivity index (χ0) is 15.4. The molecule has 1 aromatic heterocycles. The first-order chi connectivity index (χ1) is 10.7. The average Bonchev–Trinajstić information content (AvgIpc) is 2.58. The Balaban J connectivity index is 1.57. The predicted octanol–water partition coefficient (Wildman–Crippen LogP) is 2.74. The van der Waals surface area contributed by atoms with Crippen molar-refractivity contribution in [2.75, 3.05) is 36.4 Å². The van der Waals surface area contributed by atoms with Gasteiger partial charge in [0.2, 0.25) is 0 Å². The van der Waals surface area contributed by atoms with Gasteiger partial charge in [-0.3, -0.25) is 0 Å². The van der Waals surface area contributed by atoms with Gasteiger partial charge < -0.3 is 15.1 Å². The molecule has 0 spiro atoms. The lowest BCUT2D eigenvalue weighted by molar-refractivity contribution is 0.208. The Bertz CT molecular complexity index is 636. The Labute approximate surface area is 130 Å². The highest BCUT2D eigenvalue weighted by Gasteiger charge is 2.21. The number of para-hydroxylation sites is 1. The Morgan fingerprint density at radius 1 is 1.05 bits per heavy atom. The smallest absolute Gasteiger partial charge is 0.321 e. The van der Waals surface area contributed by atoms with Gasteiger partial charge in [-0.1, -0.05) is 24.3 Å². The molecule has 2 aromatic rings. The van der Waals surface area contributed by atoms with E-state index in [1.807, 2.05) is 54.3 Å². The number of hydrogen-bond donors (Lipinski definition) is 1. The molecule has 114 valence electrons. The number of urea groups is 1. The van der Waals surface area contributed by atoms with Crippen molar-refractivity contribution in [3.8, 4) is 0 Å². The highest BCUT2D eigenvalue weighted by Crippen LogP contribution is 2.16. The summed E-state index contributed by atoms with van der Waals surface area (Å²) in [4.78, 5) is 20.8. The van der Waals surface area contributed by atoms with Crippen LogP contribution in [0.4, 0.5) is 16.3 Å². The molecule has 2 heterocycles. The Morgan fingerprint density at radius 3 is 2.45 bits per heavy atom. The van der Waals surface area contributed by atoms with Gasteiger partial charge in [0.1, 0.15) is 5.82 Å². The fourth-order valence-electron chi connectivity index (χ4n) is 2.59. The van der Waals surface area contributed by atoms with Crippen LogP contribution < -0.4 is 10.2 Å². The van der Waals surface area contributed by atoms with Crippen LogP contribution in [0.2, 0.25) is 0 Å². The molecule has 1 aliphatic rings. The molecule has 0 saturated carbocycles. The van der Waals surface area contributed by atoms with Gasteiger partial charge in [-0.05, 0) is 30.7 Å². The zero-order valence-corrected chi connectivity index (χ0v) is 12.7. The van der Waals surface area contributed by atoms with E-state index in [1.54, 1.807) is 6.20 Å². The van der Waals surface area contributed by atoms with Crippen LogP contribution in [0.15, 0.2) is 48.7 Å². The van der Waals surface area contributed by atoms with Gasteiger partial charge in [0.15, 0.2) is 0 Å². The van der Waals surface area contributed by atoms with Gasteiger partial charge in [0, 0.05) is 38.1 Å². The van der Waals surface area contributed by atoms with Crippen LogP contribution >= 0.6 is 0 Å². The van der Waals surface area contributed by atoms with Crippen LogP contribution in [0.5, 0.6) is 0 Å². The summed E-state index contributed by atoms with van der Waals surface area (Å²) < 4.78 is 0. The van der Waals surface area contributed by atoms with E-state index in [1.165, 1.54) is 0 Å². The van der Waals surface area contributed by atoms with Crippen molar-refractivity contribution in [2.24, 2.45) is 0 Å². The second-order valence-corrected chi connectivity index (χ2v) is 5.41. The number of anilines is 2. The number of carbonyl (C=O) groups excluding carboxylic acids is 1. The minimum absolute atomic E-state index is 0.0324. The topological polar surface area (TPSA) is 48.5 Å². The molecule has 0 aliphatic carbocycles. The summed E-state index contributed by atoms with van der Waals surface area (Å²) in [5, 5.41) is 2.99. The summed E-state index contributed by atoms with van der Waals surface area (Å²) in [7, 11) is 0. The summed E-state index contributed by atoms with van der Waals surface area (Å²) in [5.74, 6) is 0.974. The third-order valence-electron chi connectivity index (χ3n) is 3.93. The number of nitrogens with zero attached hydrogens (tertiary/aromatic N) is 3. The predicted molar refractivity (Wildman–Crippen MR) is 88.2 cm³/mol. The van der Waals surface area contributed by atoms with E-state index in [-0.39, 0.29) is 6.03 Å². The quantitative estimate of drug-likeness (QED) is 0.927. The lowest BCUT2D eigenvalue weighted by atomic mass is 10.2. The number of benzene rings is 1. The fourth-order valence-corrected chi connectivity index (χ4v) is 2.59. The molecular weight excluding hydrogens is 276 g/mol. The number of hydrogen-bond acceptors (Lipinski definition) is 3. The molecule has 5 heteroatoms. The summed E-state index contributed by atoms with van der Waals surface area (Å²) in [6.45, 7) is 5.01. The molecule has 1 N–H and O–H groups in total. The van der Waals surface area contributed by atoms with E-state index in [0.29, 0.717) is 13.1 Å². The number of amides is 2. The lowest BCUT2D eigenvalue weighted by Gasteiger charge is -2.35. The van der Waals surface area contributed by atoms with Crippen molar-refractivity contribution >= 4 is 17.5 Å². The summed E-state index contributed by atoms with van der Waals surface area (Å²) in [6, 6.07) is 13.7. The van der Waals surface area contributed by atoms with E-state index in [4.69, 9.17) is 0 Å². The van der Waals surface area contributed by atoms with Gasteiger partial charge in [-0.25, -0.2) is 9.78 Å². The van der Waals surface area contributed by atoms with Crippen LogP contribution in [-0.4, -0.2) is 42.1 Å². The van der Waals surface area contributed by atoms with Crippen LogP contribution in [-0.2, 0) is 0 Å². The highest BCUT2D eigenvalue weighted by atomic mass is 16.2. The maximum Gasteiger partial charge on any atom is 0.321 e. The molecule has 1 aliphatic heterocycles. The molecule has 3 rings (SSSR count). The van der Waals surface area contributed by atoms with Crippen molar-refractivity contribution in [3.05, 3.63) is 54.2 Å². The molecule has 22 heavy (non-hydrogen) atoms. The Kier molecular flexibility index (Phi) is 4.23. The molecule has 0 radical (unpaired) electrons. The molecule has 0 atom stereocenters. The van der Waals surface area contributed by atoms with E-state index in [0.717, 1.165) is 30.2 Å². The third-order valence-corrected chi connectivity index (χ3v) is 3.93. The summed E-state index contributed by atoms with van der Waals surface area (Å²) in [6.07, 6.45) is 1.80. The molecule has 0 unspecified atom stereocenters. The molecular formula is C17H20N4O. The Hall–Kier alpha value is -2.56. The second-order valence-electron chi connectivity index (χ2n) is 5.41. The van der Waals surface area contributed by atoms with Gasteiger partial charge in [-0.2, -0.15) is 0 Å². The summed E-state index contributed by atoms with van der Waals surface area (Å²) in [5.41, 5.74) is 1.95. The van der Waals surface area contributed by atoms with Gasteiger partial charge in [-0.15, -0.1) is 0 Å². The second kappa shape index (κ2) is 6.47. The van der Waals surface area contributed by atoms with Crippen molar-refractivity contribution < 1.29 is 4.79 Å². The summed E-state index contributed by atoms with van der Waals surface area (Å²) >= 11 is 0. The first kappa shape index (κ1) is 14.4. The van der Waals surface area contributed by atoms with Crippen molar-refractivity contribution in [1.29, 1.82) is 0 Å². The largest absolute Gasteiger partial charge is 0.353 e. The average molecular weight is 296 g/mol. The number of rotatable bonds is 2. The molecule has 1 fully saturated rings. The number of aryl methyl sites for hydroxylation is 1. The van der Waals surface area contributed by atoms with Crippen molar-refractivity contribution in [3.63, 3.8) is 0 Å². The first-order valence-corrected chi connectivity index (χ1v) is 7.51. The number of aromatic nitrogens is 1. The minimum atomic E-state index is -0.0324. The van der Waals surface area contributed by atoms with Crippen molar-refractivity contribution in [2.45, 2.75) is 6.92 Å². The molecule has 5 nitrogen and oxygen atoms in total. The minimum Gasteiger partial charge on any atom is -0.353 e. The lowest BCUT2D eigenvalue weighted by Crippen LogP contribution is -2.50. The van der Waals surface area contributed by atoms with E-state index >= 15 is 0 Å². The standard InChI is InChI=1S/C17H20N4O/c1-14-6-2-3-7-15(14)19-17(22)21-12-10-20(11-13-21)16-8-4-5-9-18-16/h2-9H,10-13H2,1H3,(H,19,22). The van der Waals surface area contributed by atoms with Crippen LogP contribution in [0.3, 0.4) is 0 Å². The molecule has 1 aromatic carbocycles. The van der Waals surface area contributed by atoms with E-state index in [2.05, 4.69) is 15.2 Å². The highest BCUT2D eigenvalue weighted by molar-refractivity contribution is 5.90. The normalized spacial score (nSPS) is 14.8. The van der Waals surface area contributed by atoms with Crippen LogP contribution in [0.25, 0.3) is 0 Å². The van der Waals surface area contributed by atoms with E-state index < -0.39 is 0 Å². The van der Waals surface area contributed by atoms with Crippen molar-refractivity contribution in [1.82, 2.24) is 9.88 Å². The zero-order valence-electron chi connectivity index (χ0n) is 12.7. The van der Waals surface area contributed by atoms with Crippen LogP contribution in [0.1, 0.15) is 5.56 Å². The first-order valence-electron chi connectivity index (χ1n) is 7.51. The number of carbonyl (C=O) groups is 1. The van der Waals surface area contributed by atoms with E-state index in [9.17, 15) is 4.79 Å². The number of piperazine rings is 1.